The Morgan fingerprint density at radius 3 is 2.86 bits per heavy atom. The van der Waals surface area contributed by atoms with Gasteiger partial charge in [-0.25, -0.2) is 9.37 Å². The molecule has 0 aliphatic carbocycles. The molecule has 4 nitrogen and oxygen atoms in total. The first-order chi connectivity index (χ1) is 10.2. The van der Waals surface area contributed by atoms with Gasteiger partial charge >= 0.3 is 0 Å². The molecule has 4 aromatic rings. The van der Waals surface area contributed by atoms with Crippen molar-refractivity contribution in [2.45, 2.75) is 6.54 Å². The van der Waals surface area contributed by atoms with Gasteiger partial charge in [0.1, 0.15) is 11.3 Å². The van der Waals surface area contributed by atoms with E-state index in [-0.39, 0.29) is 24.8 Å². The summed E-state index contributed by atoms with van der Waals surface area (Å²) in [6.07, 6.45) is 1.87. The summed E-state index contributed by atoms with van der Waals surface area (Å²) in [6, 6.07) is 10.5. The Labute approximate surface area is 131 Å². The van der Waals surface area contributed by atoms with Gasteiger partial charge in [0.05, 0.1) is 6.54 Å². The molecular weight excluding hydrogens is 305 g/mol. The summed E-state index contributed by atoms with van der Waals surface area (Å²) in [4.78, 5) is 7.42. The molecule has 6 heteroatoms. The number of hydrogen-bond acceptors (Lipinski definition) is 3. The lowest BCUT2D eigenvalue weighted by Gasteiger charge is -1.99. The first-order valence-corrected chi connectivity index (χ1v) is 6.61. The predicted octanol–water partition coefficient (Wildman–Crippen LogP) is 4.00. The van der Waals surface area contributed by atoms with E-state index in [9.17, 15) is 4.39 Å². The normalized spacial score (nSPS) is 11.0. The highest BCUT2D eigenvalue weighted by Crippen LogP contribution is 2.31. The maximum Gasteiger partial charge on any atom is 0.209 e. The summed E-state index contributed by atoms with van der Waals surface area (Å²) in [5.74, 6) is 0.263. The summed E-state index contributed by atoms with van der Waals surface area (Å²) in [5.41, 5.74) is 9.79. The van der Waals surface area contributed by atoms with Crippen LogP contribution in [0.25, 0.3) is 33.1 Å². The van der Waals surface area contributed by atoms with Crippen molar-refractivity contribution >= 4 is 34.4 Å². The number of hydrogen-bond donors (Lipinski definition) is 2. The Morgan fingerprint density at radius 1 is 1.18 bits per heavy atom. The number of nitrogens with zero attached hydrogens (tertiary/aromatic N) is 1. The number of benzene rings is 2. The van der Waals surface area contributed by atoms with Gasteiger partial charge in [0.25, 0.3) is 0 Å². The Bertz CT molecular complexity index is 961. The lowest BCUT2D eigenvalue weighted by molar-refractivity contribution is 0.533. The zero-order valence-corrected chi connectivity index (χ0v) is 12.3. The van der Waals surface area contributed by atoms with Gasteiger partial charge in [-0.1, -0.05) is 6.07 Å². The molecule has 22 heavy (non-hydrogen) atoms. The fourth-order valence-electron chi connectivity index (χ4n) is 2.57. The quantitative estimate of drug-likeness (QED) is 0.587. The fraction of sp³-hybridized carbons (Fsp3) is 0.0625. The summed E-state index contributed by atoms with van der Waals surface area (Å²) >= 11 is 0. The third-order valence-electron chi connectivity index (χ3n) is 3.56. The Morgan fingerprint density at radius 2 is 2.05 bits per heavy atom. The van der Waals surface area contributed by atoms with Gasteiger partial charge < -0.3 is 15.1 Å². The van der Waals surface area contributed by atoms with E-state index in [0.29, 0.717) is 11.5 Å². The molecule has 4 rings (SSSR count). The van der Waals surface area contributed by atoms with E-state index in [1.54, 1.807) is 6.07 Å². The van der Waals surface area contributed by atoms with Crippen LogP contribution in [-0.4, -0.2) is 9.97 Å². The first-order valence-electron chi connectivity index (χ1n) is 6.61. The highest BCUT2D eigenvalue weighted by Gasteiger charge is 2.10. The number of H-pyrrole nitrogens is 1. The van der Waals surface area contributed by atoms with E-state index in [2.05, 4.69) is 9.97 Å². The van der Waals surface area contributed by atoms with Gasteiger partial charge in [-0.2, -0.15) is 0 Å². The van der Waals surface area contributed by atoms with E-state index in [1.165, 1.54) is 12.1 Å². The molecule has 0 unspecified atom stereocenters. The largest absolute Gasteiger partial charge is 0.439 e. The Hall–Kier alpha value is -2.37. The second kappa shape index (κ2) is 5.44. The molecular formula is C16H13ClFN3O. The average Bonchev–Trinajstić information content (AvgIpc) is 3.08. The number of aromatic amines is 1. The molecule has 0 aliphatic heterocycles. The molecule has 0 spiro atoms. The smallest absolute Gasteiger partial charge is 0.209 e. The van der Waals surface area contributed by atoms with Crippen molar-refractivity contribution in [1.82, 2.24) is 9.97 Å². The average molecular weight is 318 g/mol. The van der Waals surface area contributed by atoms with Crippen LogP contribution < -0.4 is 5.73 Å². The summed E-state index contributed by atoms with van der Waals surface area (Å²) in [7, 11) is 0. The lowest BCUT2D eigenvalue weighted by atomic mass is 10.0. The molecule has 3 N–H and O–H groups in total. The number of aromatic nitrogens is 2. The minimum absolute atomic E-state index is 0. The maximum absolute atomic E-state index is 13.2. The molecule has 0 aliphatic rings. The highest BCUT2D eigenvalue weighted by atomic mass is 35.5. The van der Waals surface area contributed by atoms with E-state index in [1.807, 2.05) is 24.4 Å². The van der Waals surface area contributed by atoms with Crippen molar-refractivity contribution in [2.75, 3.05) is 0 Å². The number of fused-ring (bicyclic) bond motifs is 2. The van der Waals surface area contributed by atoms with Crippen LogP contribution in [0.3, 0.4) is 0 Å². The molecule has 2 heterocycles. The van der Waals surface area contributed by atoms with Gasteiger partial charge in [0.15, 0.2) is 5.58 Å². The summed E-state index contributed by atoms with van der Waals surface area (Å²) in [6.45, 7) is 0.274. The zero-order chi connectivity index (χ0) is 14.4. The van der Waals surface area contributed by atoms with Crippen LogP contribution in [0, 0.1) is 5.82 Å². The number of halogens is 2. The Balaban J connectivity index is 0.00000144. The monoisotopic (exact) mass is 317 g/mol. The van der Waals surface area contributed by atoms with Crippen LogP contribution in [0.15, 0.2) is 47.0 Å². The topological polar surface area (TPSA) is 67.8 Å². The standard InChI is InChI=1S/C16H12FN3O.ClH/c17-10-2-3-11-12(8-19-13(11)6-10)9-1-4-15-14(5-9)20-16(7-18)21-15;/h1-6,8,19H,7,18H2;1H. The molecule has 0 saturated heterocycles. The molecule has 0 radical (unpaired) electrons. The molecule has 0 fully saturated rings. The number of rotatable bonds is 2. The molecule has 0 amide bonds. The SMILES string of the molecule is Cl.NCc1nc2cc(-c3c[nH]c4cc(F)ccc34)ccc2o1. The molecule has 2 aromatic carbocycles. The van der Waals surface area contributed by atoms with E-state index in [0.717, 1.165) is 27.5 Å². The first kappa shape index (κ1) is 14.6. The second-order valence-electron chi connectivity index (χ2n) is 4.89. The van der Waals surface area contributed by atoms with Crippen LogP contribution in [0.2, 0.25) is 0 Å². The fourth-order valence-corrected chi connectivity index (χ4v) is 2.57. The number of nitrogens with one attached hydrogen (secondary N) is 1. The zero-order valence-electron chi connectivity index (χ0n) is 11.5. The van der Waals surface area contributed by atoms with Crippen LogP contribution in [0.4, 0.5) is 4.39 Å². The van der Waals surface area contributed by atoms with Gasteiger partial charge in [-0.05, 0) is 35.9 Å². The van der Waals surface area contributed by atoms with Crippen molar-refractivity contribution < 1.29 is 8.81 Å². The van der Waals surface area contributed by atoms with Crippen molar-refractivity contribution in [1.29, 1.82) is 0 Å². The predicted molar refractivity (Wildman–Crippen MR) is 86.4 cm³/mol. The molecule has 0 atom stereocenters. The Kier molecular flexibility index (Phi) is 3.60. The van der Waals surface area contributed by atoms with E-state index < -0.39 is 0 Å². The maximum atomic E-state index is 13.2. The minimum atomic E-state index is -0.254. The van der Waals surface area contributed by atoms with E-state index in [4.69, 9.17) is 10.2 Å². The van der Waals surface area contributed by atoms with Crippen molar-refractivity contribution in [2.24, 2.45) is 5.73 Å². The molecule has 2 aromatic heterocycles. The van der Waals surface area contributed by atoms with Crippen molar-refractivity contribution in [3.05, 3.63) is 54.3 Å². The molecule has 0 saturated carbocycles. The number of oxazole rings is 1. The number of nitrogens with two attached hydrogens (primary N) is 1. The van der Waals surface area contributed by atoms with E-state index >= 15 is 0 Å². The van der Waals surface area contributed by atoms with Crippen LogP contribution in [0.5, 0.6) is 0 Å². The van der Waals surface area contributed by atoms with Gasteiger partial charge in [0, 0.05) is 22.7 Å². The third-order valence-corrected chi connectivity index (χ3v) is 3.56. The minimum Gasteiger partial charge on any atom is -0.439 e. The second-order valence-corrected chi connectivity index (χ2v) is 4.89. The molecule has 112 valence electrons. The lowest BCUT2D eigenvalue weighted by Crippen LogP contribution is -1.94. The van der Waals surface area contributed by atoms with Gasteiger partial charge in [0.2, 0.25) is 5.89 Å². The van der Waals surface area contributed by atoms with Crippen LogP contribution in [0.1, 0.15) is 5.89 Å². The highest BCUT2D eigenvalue weighted by molar-refractivity contribution is 5.97. The van der Waals surface area contributed by atoms with Crippen molar-refractivity contribution in [3.63, 3.8) is 0 Å². The summed E-state index contributed by atoms with van der Waals surface area (Å²) < 4.78 is 18.7. The van der Waals surface area contributed by atoms with Crippen molar-refractivity contribution in [3.8, 4) is 11.1 Å². The van der Waals surface area contributed by atoms with Gasteiger partial charge in [-0.15, -0.1) is 12.4 Å². The van der Waals surface area contributed by atoms with Crippen LogP contribution >= 0.6 is 12.4 Å². The molecule has 0 bridgehead atoms. The van der Waals surface area contributed by atoms with Crippen LogP contribution in [-0.2, 0) is 6.54 Å². The summed E-state index contributed by atoms with van der Waals surface area (Å²) in [5, 5.41) is 0.971. The third kappa shape index (κ3) is 2.24. The van der Waals surface area contributed by atoms with Gasteiger partial charge in [-0.3, -0.25) is 0 Å².